The lowest BCUT2D eigenvalue weighted by atomic mass is 9.86. The molecular formula is C20H18N4OS. The third-order valence-corrected chi connectivity index (χ3v) is 4.72. The lowest BCUT2D eigenvalue weighted by Crippen LogP contribution is -2.13. The van der Waals surface area contributed by atoms with Crippen LogP contribution in [0.15, 0.2) is 48.1 Å². The van der Waals surface area contributed by atoms with E-state index >= 15 is 0 Å². The molecule has 0 radical (unpaired) electrons. The van der Waals surface area contributed by atoms with Crippen LogP contribution < -0.4 is 5.32 Å². The fourth-order valence-electron chi connectivity index (χ4n) is 2.44. The van der Waals surface area contributed by atoms with E-state index in [0.29, 0.717) is 5.13 Å². The first-order valence-corrected chi connectivity index (χ1v) is 8.98. The highest BCUT2D eigenvalue weighted by Crippen LogP contribution is 2.28. The predicted octanol–water partition coefficient (Wildman–Crippen LogP) is 4.63. The first-order chi connectivity index (χ1) is 12.4. The summed E-state index contributed by atoms with van der Waals surface area (Å²) >= 11 is 1.34. The summed E-state index contributed by atoms with van der Waals surface area (Å²) < 4.78 is 0. The third-order valence-electron chi connectivity index (χ3n) is 3.96. The number of anilines is 1. The van der Waals surface area contributed by atoms with Crippen molar-refractivity contribution >= 4 is 22.4 Å². The zero-order valence-corrected chi connectivity index (χ0v) is 15.6. The van der Waals surface area contributed by atoms with Gasteiger partial charge in [0.2, 0.25) is 0 Å². The van der Waals surface area contributed by atoms with Crippen LogP contribution in [-0.2, 0) is 5.41 Å². The van der Waals surface area contributed by atoms with Crippen LogP contribution >= 0.6 is 11.3 Å². The average molecular weight is 362 g/mol. The summed E-state index contributed by atoms with van der Waals surface area (Å²) in [5.41, 5.74) is 3.67. The average Bonchev–Trinajstić information content (AvgIpc) is 3.09. The number of rotatable bonds is 3. The molecule has 0 spiro atoms. The second-order valence-corrected chi connectivity index (χ2v) is 7.71. The maximum Gasteiger partial charge on any atom is 0.260 e. The van der Waals surface area contributed by atoms with Gasteiger partial charge in [-0.05, 0) is 17.0 Å². The first kappa shape index (κ1) is 17.8. The van der Waals surface area contributed by atoms with E-state index in [0.717, 1.165) is 11.3 Å². The van der Waals surface area contributed by atoms with Gasteiger partial charge in [-0.3, -0.25) is 15.1 Å². The molecule has 0 saturated carbocycles. The number of carbonyl (C=O) groups is 1. The van der Waals surface area contributed by atoms with Gasteiger partial charge in [0.1, 0.15) is 6.07 Å². The summed E-state index contributed by atoms with van der Waals surface area (Å²) in [4.78, 5) is 20.7. The van der Waals surface area contributed by atoms with Gasteiger partial charge in [-0.15, -0.1) is 11.3 Å². The van der Waals surface area contributed by atoms with Gasteiger partial charge in [-0.25, -0.2) is 4.98 Å². The van der Waals surface area contributed by atoms with E-state index in [4.69, 9.17) is 5.26 Å². The van der Waals surface area contributed by atoms with E-state index in [1.807, 2.05) is 23.6 Å². The zero-order chi connectivity index (χ0) is 18.7. The molecule has 26 heavy (non-hydrogen) atoms. The lowest BCUT2D eigenvalue weighted by Gasteiger charge is -2.18. The summed E-state index contributed by atoms with van der Waals surface area (Å²) in [5, 5.41) is 14.2. The molecule has 1 N–H and O–H groups in total. The van der Waals surface area contributed by atoms with Crippen molar-refractivity contribution in [3.63, 3.8) is 0 Å². The number of thiazole rings is 1. The van der Waals surface area contributed by atoms with Crippen molar-refractivity contribution in [1.82, 2.24) is 9.97 Å². The zero-order valence-electron chi connectivity index (χ0n) is 14.8. The Hall–Kier alpha value is -3.04. The highest BCUT2D eigenvalue weighted by molar-refractivity contribution is 7.14. The number of nitrogens with zero attached hydrogens (tertiary/aromatic N) is 3. The molecule has 0 saturated heterocycles. The van der Waals surface area contributed by atoms with Gasteiger partial charge in [0.05, 0.1) is 16.8 Å². The fraction of sp³-hybridized carbons (Fsp3) is 0.200. The second-order valence-electron chi connectivity index (χ2n) is 6.85. The molecule has 0 atom stereocenters. The minimum atomic E-state index is -0.390. The Balaban J connectivity index is 1.78. The molecule has 2 aromatic heterocycles. The topological polar surface area (TPSA) is 78.7 Å². The Bertz CT molecular complexity index is 978. The van der Waals surface area contributed by atoms with Gasteiger partial charge in [0.25, 0.3) is 5.91 Å². The Morgan fingerprint density at radius 2 is 1.92 bits per heavy atom. The Kier molecular flexibility index (Phi) is 4.83. The van der Waals surface area contributed by atoms with E-state index < -0.39 is 5.91 Å². The molecule has 0 fully saturated rings. The summed E-state index contributed by atoms with van der Waals surface area (Å²) in [6, 6.07) is 11.8. The molecule has 3 rings (SSSR count). The molecule has 0 aliphatic heterocycles. The fourth-order valence-corrected chi connectivity index (χ4v) is 3.16. The molecule has 2 heterocycles. The van der Waals surface area contributed by atoms with Crippen LogP contribution in [0, 0.1) is 11.3 Å². The number of nitrogens with one attached hydrogen (secondary N) is 1. The van der Waals surface area contributed by atoms with Crippen molar-refractivity contribution in [2.45, 2.75) is 26.2 Å². The summed E-state index contributed by atoms with van der Waals surface area (Å²) in [6.07, 6.45) is 2.87. The van der Waals surface area contributed by atoms with Gasteiger partial charge in [-0.2, -0.15) is 5.26 Å². The number of benzene rings is 1. The standard InChI is InChI=1S/C20H18N4OS/c1-20(2,3)15-6-4-13(5-7-15)17-12-26-19(23-17)24-18(25)16-11-22-9-8-14(16)10-21/h4-9,11-12H,1-3H3,(H,23,24,25). The molecule has 130 valence electrons. The number of nitriles is 1. The van der Waals surface area contributed by atoms with E-state index in [2.05, 4.69) is 48.2 Å². The predicted molar refractivity (Wildman–Crippen MR) is 103 cm³/mol. The van der Waals surface area contributed by atoms with Crippen LogP contribution in [-0.4, -0.2) is 15.9 Å². The van der Waals surface area contributed by atoms with Crippen molar-refractivity contribution in [2.75, 3.05) is 5.32 Å². The Morgan fingerprint density at radius 3 is 2.58 bits per heavy atom. The number of hydrogen-bond acceptors (Lipinski definition) is 5. The van der Waals surface area contributed by atoms with Crippen LogP contribution in [0.5, 0.6) is 0 Å². The van der Waals surface area contributed by atoms with E-state index in [9.17, 15) is 4.79 Å². The molecule has 6 heteroatoms. The van der Waals surface area contributed by atoms with Gasteiger partial charge in [-0.1, -0.05) is 45.0 Å². The van der Waals surface area contributed by atoms with Gasteiger partial charge >= 0.3 is 0 Å². The normalized spacial score (nSPS) is 11.0. The van der Waals surface area contributed by atoms with Crippen molar-refractivity contribution in [2.24, 2.45) is 0 Å². The number of hydrogen-bond donors (Lipinski definition) is 1. The second kappa shape index (κ2) is 7.06. The van der Waals surface area contributed by atoms with Crippen LogP contribution in [0.2, 0.25) is 0 Å². The first-order valence-electron chi connectivity index (χ1n) is 8.10. The molecule has 0 unspecified atom stereocenters. The van der Waals surface area contributed by atoms with E-state index in [1.165, 1.54) is 35.4 Å². The van der Waals surface area contributed by atoms with Crippen molar-refractivity contribution in [3.8, 4) is 17.3 Å². The lowest BCUT2D eigenvalue weighted by molar-refractivity contribution is 0.102. The molecule has 3 aromatic rings. The SMILES string of the molecule is CC(C)(C)c1ccc(-c2csc(NC(=O)c3cnccc3C#N)n2)cc1. The van der Waals surface area contributed by atoms with Gasteiger partial charge in [0, 0.05) is 23.3 Å². The molecule has 0 aliphatic carbocycles. The highest BCUT2D eigenvalue weighted by Gasteiger charge is 2.15. The minimum absolute atomic E-state index is 0.0991. The van der Waals surface area contributed by atoms with Gasteiger partial charge < -0.3 is 0 Å². The molecule has 1 amide bonds. The van der Waals surface area contributed by atoms with Crippen molar-refractivity contribution in [1.29, 1.82) is 5.26 Å². The van der Waals surface area contributed by atoms with Crippen molar-refractivity contribution in [3.05, 3.63) is 64.8 Å². The largest absolute Gasteiger partial charge is 0.298 e. The Morgan fingerprint density at radius 1 is 1.19 bits per heavy atom. The van der Waals surface area contributed by atoms with Crippen LogP contribution in [0.1, 0.15) is 42.3 Å². The van der Waals surface area contributed by atoms with Crippen LogP contribution in [0.3, 0.4) is 0 Å². The smallest absolute Gasteiger partial charge is 0.260 e. The molecule has 0 bridgehead atoms. The third kappa shape index (κ3) is 3.79. The maximum atomic E-state index is 12.4. The highest BCUT2D eigenvalue weighted by atomic mass is 32.1. The molecule has 1 aromatic carbocycles. The maximum absolute atomic E-state index is 12.4. The summed E-state index contributed by atoms with van der Waals surface area (Å²) in [7, 11) is 0. The van der Waals surface area contributed by atoms with E-state index in [1.54, 1.807) is 0 Å². The quantitative estimate of drug-likeness (QED) is 0.737. The molecule has 5 nitrogen and oxygen atoms in total. The summed E-state index contributed by atoms with van der Waals surface area (Å²) in [5.74, 6) is -0.390. The minimum Gasteiger partial charge on any atom is -0.298 e. The van der Waals surface area contributed by atoms with Gasteiger partial charge in [0.15, 0.2) is 5.13 Å². The number of aromatic nitrogens is 2. The van der Waals surface area contributed by atoms with E-state index in [-0.39, 0.29) is 16.5 Å². The summed E-state index contributed by atoms with van der Waals surface area (Å²) in [6.45, 7) is 6.52. The molecular weight excluding hydrogens is 344 g/mol. The monoisotopic (exact) mass is 362 g/mol. The number of amides is 1. The van der Waals surface area contributed by atoms with Crippen LogP contribution in [0.25, 0.3) is 11.3 Å². The molecule has 0 aliphatic rings. The number of pyridine rings is 1. The number of carbonyl (C=O) groups excluding carboxylic acids is 1. The van der Waals surface area contributed by atoms with Crippen molar-refractivity contribution < 1.29 is 4.79 Å². The Labute approximate surface area is 156 Å². The van der Waals surface area contributed by atoms with Crippen LogP contribution in [0.4, 0.5) is 5.13 Å².